The van der Waals surface area contributed by atoms with E-state index in [0.29, 0.717) is 42.4 Å². The van der Waals surface area contributed by atoms with Crippen LogP contribution in [0.4, 0.5) is 0 Å². The molecule has 0 saturated carbocycles. The van der Waals surface area contributed by atoms with E-state index in [1.807, 2.05) is 53.1 Å². The molecule has 0 bridgehead atoms. The van der Waals surface area contributed by atoms with Crippen LogP contribution in [0.2, 0.25) is 0 Å². The largest absolute Gasteiger partial charge is 0.493 e. The Morgan fingerprint density at radius 2 is 1.58 bits per heavy atom. The van der Waals surface area contributed by atoms with E-state index >= 15 is 0 Å². The molecule has 0 aliphatic carbocycles. The maximum Gasteiger partial charge on any atom is 0.254 e. The molecule has 1 saturated heterocycles. The highest BCUT2D eigenvalue weighted by Gasteiger charge is 2.46. The van der Waals surface area contributed by atoms with Crippen LogP contribution in [-0.4, -0.2) is 87.1 Å². The number of ether oxygens (including phenoxy) is 3. The van der Waals surface area contributed by atoms with Crippen molar-refractivity contribution < 1.29 is 23.8 Å². The molecule has 2 aromatic rings. The van der Waals surface area contributed by atoms with Gasteiger partial charge in [0.1, 0.15) is 0 Å². The Kier molecular flexibility index (Phi) is 8.04. The van der Waals surface area contributed by atoms with Gasteiger partial charge < -0.3 is 28.9 Å². The van der Waals surface area contributed by atoms with E-state index in [-0.39, 0.29) is 11.8 Å². The highest BCUT2D eigenvalue weighted by Crippen LogP contribution is 2.48. The van der Waals surface area contributed by atoms with Gasteiger partial charge in [-0.05, 0) is 42.3 Å². The number of hydrogen-bond acceptors (Lipinski definition) is 6. The van der Waals surface area contributed by atoms with E-state index in [1.165, 1.54) is 0 Å². The van der Waals surface area contributed by atoms with Gasteiger partial charge in [0, 0.05) is 38.3 Å². The Hall–Kier alpha value is -3.26. The van der Waals surface area contributed by atoms with Crippen LogP contribution in [-0.2, 0) is 4.79 Å². The quantitative estimate of drug-likeness (QED) is 0.558. The molecule has 2 aromatic carbocycles. The second kappa shape index (κ2) is 11.2. The van der Waals surface area contributed by atoms with Crippen LogP contribution in [0, 0.1) is 0 Å². The van der Waals surface area contributed by atoms with Crippen LogP contribution in [0.15, 0.2) is 36.4 Å². The maximum atomic E-state index is 14.3. The third-order valence-electron chi connectivity index (χ3n) is 7.33. The van der Waals surface area contributed by atoms with Gasteiger partial charge in [-0.2, -0.15) is 0 Å². The highest BCUT2D eigenvalue weighted by atomic mass is 16.5. The van der Waals surface area contributed by atoms with E-state index in [1.54, 1.807) is 21.3 Å². The fourth-order valence-corrected chi connectivity index (χ4v) is 5.47. The normalized spacial score (nSPS) is 20.2. The van der Waals surface area contributed by atoms with Gasteiger partial charge in [0.05, 0.1) is 33.3 Å². The fourth-order valence-electron chi connectivity index (χ4n) is 5.47. The van der Waals surface area contributed by atoms with Gasteiger partial charge in [0.2, 0.25) is 11.7 Å². The molecule has 2 aliphatic heterocycles. The number of carbonyl (C=O) groups is 2. The Bertz CT molecular complexity index is 1070. The van der Waals surface area contributed by atoms with Gasteiger partial charge >= 0.3 is 0 Å². The molecule has 0 spiro atoms. The number of piperazine rings is 1. The summed E-state index contributed by atoms with van der Waals surface area (Å²) in [6.07, 6.45) is 0.769. The second-order valence-electron chi connectivity index (χ2n) is 9.23. The zero-order chi connectivity index (χ0) is 25.8. The number of nitrogens with zero attached hydrogens (tertiary/aromatic N) is 3. The maximum absolute atomic E-state index is 14.3. The second-order valence-corrected chi connectivity index (χ2v) is 9.23. The van der Waals surface area contributed by atoms with Gasteiger partial charge in [-0.3, -0.25) is 9.59 Å². The lowest BCUT2D eigenvalue weighted by molar-refractivity contribution is -0.136. The average molecular weight is 496 g/mol. The minimum absolute atomic E-state index is 0.0468. The molecule has 4 rings (SSSR count). The third kappa shape index (κ3) is 4.62. The van der Waals surface area contributed by atoms with Gasteiger partial charge in [0.15, 0.2) is 11.5 Å². The first-order chi connectivity index (χ1) is 17.5. The van der Waals surface area contributed by atoms with E-state index < -0.39 is 12.0 Å². The number of fused-ring (bicyclic) bond motifs is 1. The van der Waals surface area contributed by atoms with Crippen LogP contribution in [0.1, 0.15) is 53.7 Å². The summed E-state index contributed by atoms with van der Waals surface area (Å²) in [6, 6.07) is 10.8. The number of likely N-dealkylation sites (N-methyl/N-ethyl adjacent to an activating group) is 1. The molecule has 0 radical (unpaired) electrons. The van der Waals surface area contributed by atoms with Crippen molar-refractivity contribution in [1.29, 1.82) is 0 Å². The minimum atomic E-state index is -0.540. The number of carbonyl (C=O) groups excluding carboxylic acids is 2. The van der Waals surface area contributed by atoms with Gasteiger partial charge in [0.25, 0.3) is 5.91 Å². The lowest BCUT2D eigenvalue weighted by Crippen LogP contribution is -2.53. The van der Waals surface area contributed by atoms with E-state index in [0.717, 1.165) is 37.2 Å². The van der Waals surface area contributed by atoms with Crippen LogP contribution in [0.25, 0.3) is 0 Å². The predicted molar refractivity (Wildman–Crippen MR) is 138 cm³/mol. The standard InChI is InChI=1S/C28H37N3O5/c1-6-12-31-25(19-17-22(34-3)26(36-5)23(18-19)35-4)24(20-10-8-9-11-21(20)27(31)32)28(33)30-15-13-29(7-2)14-16-30/h8-11,17-18,24-25H,6-7,12-16H2,1-5H3/t24-,25-/m0/s1. The molecule has 1 fully saturated rings. The smallest absolute Gasteiger partial charge is 0.254 e. The lowest BCUT2D eigenvalue weighted by Gasteiger charge is -2.44. The summed E-state index contributed by atoms with van der Waals surface area (Å²) < 4.78 is 16.8. The van der Waals surface area contributed by atoms with Crippen molar-refractivity contribution >= 4 is 11.8 Å². The molecule has 2 amide bonds. The zero-order valence-electron chi connectivity index (χ0n) is 22.0. The highest BCUT2D eigenvalue weighted by molar-refractivity contribution is 6.01. The van der Waals surface area contributed by atoms with E-state index in [4.69, 9.17) is 14.2 Å². The molecular formula is C28H37N3O5. The molecule has 194 valence electrons. The monoisotopic (exact) mass is 495 g/mol. The molecule has 2 atom stereocenters. The third-order valence-corrected chi connectivity index (χ3v) is 7.33. The Labute approximate surface area is 213 Å². The number of rotatable bonds is 8. The van der Waals surface area contributed by atoms with Gasteiger partial charge in [-0.1, -0.05) is 32.0 Å². The van der Waals surface area contributed by atoms with E-state index in [9.17, 15) is 9.59 Å². The summed E-state index contributed by atoms with van der Waals surface area (Å²) in [5, 5.41) is 0. The summed E-state index contributed by atoms with van der Waals surface area (Å²) in [5.41, 5.74) is 2.16. The summed E-state index contributed by atoms with van der Waals surface area (Å²) in [5.74, 6) is 0.916. The van der Waals surface area contributed by atoms with Crippen molar-refractivity contribution in [3.63, 3.8) is 0 Å². The number of methoxy groups -OCH3 is 3. The van der Waals surface area contributed by atoms with Crippen molar-refractivity contribution in [3.8, 4) is 17.2 Å². The molecule has 2 aliphatic rings. The molecule has 0 N–H and O–H groups in total. The predicted octanol–water partition coefficient (Wildman–Crippen LogP) is 3.57. The van der Waals surface area contributed by atoms with Crippen molar-refractivity contribution in [2.75, 3.05) is 60.6 Å². The average Bonchev–Trinajstić information content (AvgIpc) is 2.93. The topological polar surface area (TPSA) is 71.6 Å². The van der Waals surface area contributed by atoms with Gasteiger partial charge in [-0.15, -0.1) is 0 Å². The molecule has 2 heterocycles. The molecule has 0 unspecified atom stereocenters. The van der Waals surface area contributed by atoms with Crippen LogP contribution < -0.4 is 14.2 Å². The number of amides is 2. The zero-order valence-corrected chi connectivity index (χ0v) is 22.0. The molecule has 36 heavy (non-hydrogen) atoms. The van der Waals surface area contributed by atoms with Crippen molar-refractivity contribution in [3.05, 3.63) is 53.1 Å². The summed E-state index contributed by atoms with van der Waals surface area (Å²) in [6.45, 7) is 8.74. The number of benzene rings is 2. The number of hydrogen-bond donors (Lipinski definition) is 0. The molecule has 0 aromatic heterocycles. The first-order valence-electron chi connectivity index (χ1n) is 12.7. The van der Waals surface area contributed by atoms with Crippen molar-refractivity contribution in [1.82, 2.24) is 14.7 Å². The van der Waals surface area contributed by atoms with Crippen LogP contribution >= 0.6 is 0 Å². The van der Waals surface area contributed by atoms with Gasteiger partial charge in [-0.25, -0.2) is 0 Å². The molecule has 8 nitrogen and oxygen atoms in total. The Morgan fingerprint density at radius 1 is 0.944 bits per heavy atom. The lowest BCUT2D eigenvalue weighted by atomic mass is 9.78. The van der Waals surface area contributed by atoms with Crippen molar-refractivity contribution in [2.24, 2.45) is 0 Å². The minimum Gasteiger partial charge on any atom is -0.493 e. The first kappa shape index (κ1) is 25.8. The first-order valence-corrected chi connectivity index (χ1v) is 12.7. The molecular weight excluding hydrogens is 458 g/mol. The Morgan fingerprint density at radius 3 is 2.14 bits per heavy atom. The Balaban J connectivity index is 1.87. The van der Waals surface area contributed by atoms with Crippen LogP contribution in [0.3, 0.4) is 0 Å². The fraction of sp³-hybridized carbons (Fsp3) is 0.500. The summed E-state index contributed by atoms with van der Waals surface area (Å²) >= 11 is 0. The SMILES string of the molecule is CCCN1C(=O)c2ccccc2[C@H](C(=O)N2CCN(CC)CC2)[C@@H]1c1cc(OC)c(OC)c(OC)c1. The summed E-state index contributed by atoms with van der Waals surface area (Å²) in [4.78, 5) is 34.2. The summed E-state index contributed by atoms with van der Waals surface area (Å²) in [7, 11) is 4.70. The van der Waals surface area contributed by atoms with Crippen molar-refractivity contribution in [2.45, 2.75) is 32.2 Å². The molecule has 8 heteroatoms. The van der Waals surface area contributed by atoms with E-state index in [2.05, 4.69) is 11.8 Å². The van der Waals surface area contributed by atoms with Crippen LogP contribution in [0.5, 0.6) is 17.2 Å².